The fourth-order valence-electron chi connectivity index (χ4n) is 2.49. The Morgan fingerprint density at radius 3 is 2.75 bits per heavy atom. The molecule has 2 N–H and O–H groups in total. The van der Waals surface area contributed by atoms with Crippen molar-refractivity contribution in [2.24, 2.45) is 5.92 Å². The highest BCUT2D eigenvalue weighted by Crippen LogP contribution is 2.19. The van der Waals surface area contributed by atoms with E-state index in [2.05, 4.69) is 25.7 Å². The third-order valence-electron chi connectivity index (χ3n) is 3.65. The zero-order valence-corrected chi connectivity index (χ0v) is 12.2. The van der Waals surface area contributed by atoms with Gasteiger partial charge < -0.3 is 9.73 Å². The van der Waals surface area contributed by atoms with Crippen molar-refractivity contribution in [2.45, 2.75) is 26.2 Å². The third-order valence-corrected chi connectivity index (χ3v) is 3.65. The van der Waals surface area contributed by atoms with Crippen molar-refractivity contribution in [3.05, 3.63) is 5.89 Å². The number of nitrogens with zero attached hydrogens (tertiary/aromatic N) is 3. The molecule has 1 aliphatic rings. The first kappa shape index (κ1) is 14.9. The molecule has 7 heteroatoms. The lowest BCUT2D eigenvalue weighted by molar-refractivity contribution is -0.117. The van der Waals surface area contributed by atoms with E-state index in [-0.39, 0.29) is 11.9 Å². The second kappa shape index (κ2) is 7.35. The highest BCUT2D eigenvalue weighted by molar-refractivity contribution is 5.90. The van der Waals surface area contributed by atoms with Gasteiger partial charge in [0.05, 0.1) is 6.54 Å². The lowest BCUT2D eigenvalue weighted by Crippen LogP contribution is -2.39. The average Bonchev–Trinajstić information content (AvgIpc) is 2.83. The van der Waals surface area contributed by atoms with E-state index in [1.165, 1.54) is 6.42 Å². The van der Waals surface area contributed by atoms with E-state index in [9.17, 15) is 4.79 Å². The fraction of sp³-hybridized carbons (Fsp3) is 0.769. The summed E-state index contributed by atoms with van der Waals surface area (Å²) in [5.74, 6) is 1.13. The van der Waals surface area contributed by atoms with E-state index < -0.39 is 0 Å². The molecule has 0 radical (unpaired) electrons. The van der Waals surface area contributed by atoms with Gasteiger partial charge in [-0.2, -0.15) is 0 Å². The Labute approximate surface area is 119 Å². The second-order valence-electron chi connectivity index (χ2n) is 5.29. The highest BCUT2D eigenvalue weighted by atomic mass is 16.4. The average molecular weight is 281 g/mol. The molecule has 1 amide bonds. The van der Waals surface area contributed by atoms with Crippen LogP contribution in [-0.2, 0) is 4.79 Å². The number of aromatic nitrogens is 2. The minimum atomic E-state index is -0.0951. The molecule has 1 saturated heterocycles. The molecule has 112 valence electrons. The highest BCUT2D eigenvalue weighted by Gasteiger charge is 2.21. The van der Waals surface area contributed by atoms with Crippen molar-refractivity contribution in [2.75, 3.05) is 38.5 Å². The van der Waals surface area contributed by atoms with Gasteiger partial charge in [-0.25, -0.2) is 0 Å². The number of anilines is 1. The predicted octanol–water partition coefficient (Wildman–Crippen LogP) is 0.638. The number of rotatable bonds is 6. The largest absolute Gasteiger partial charge is 0.408 e. The second-order valence-corrected chi connectivity index (χ2v) is 5.29. The molecule has 1 aromatic rings. The van der Waals surface area contributed by atoms with Gasteiger partial charge in [-0.3, -0.25) is 15.0 Å². The van der Waals surface area contributed by atoms with Crippen LogP contribution in [0.1, 0.15) is 25.2 Å². The number of aryl methyl sites for hydroxylation is 1. The number of likely N-dealkylation sites (tertiary alicyclic amines) is 1. The molecule has 1 aromatic heterocycles. The van der Waals surface area contributed by atoms with Gasteiger partial charge in [0.25, 0.3) is 0 Å². The summed E-state index contributed by atoms with van der Waals surface area (Å²) in [7, 11) is 1.98. The van der Waals surface area contributed by atoms with Crippen molar-refractivity contribution in [1.82, 2.24) is 20.4 Å². The van der Waals surface area contributed by atoms with Gasteiger partial charge in [0.15, 0.2) is 0 Å². The molecule has 0 spiro atoms. The normalized spacial score (nSPS) is 17.3. The predicted molar refractivity (Wildman–Crippen MR) is 75.4 cm³/mol. The third kappa shape index (κ3) is 4.57. The molecule has 0 bridgehead atoms. The number of hydrogen-bond donors (Lipinski definition) is 2. The van der Waals surface area contributed by atoms with Crippen LogP contribution in [0.15, 0.2) is 4.42 Å². The first-order chi connectivity index (χ1) is 9.67. The first-order valence-corrected chi connectivity index (χ1v) is 7.14. The van der Waals surface area contributed by atoms with E-state index in [4.69, 9.17) is 4.42 Å². The fourth-order valence-corrected chi connectivity index (χ4v) is 2.49. The Balaban J connectivity index is 1.68. The van der Waals surface area contributed by atoms with Crippen LogP contribution in [0.4, 0.5) is 6.01 Å². The number of carbonyl (C=O) groups excluding carboxylic acids is 1. The van der Waals surface area contributed by atoms with Gasteiger partial charge in [0.1, 0.15) is 0 Å². The SMILES string of the molecule is CNCCC1CCN(CC(=O)Nc2nnc(C)o2)CC1. The summed E-state index contributed by atoms with van der Waals surface area (Å²) in [5, 5.41) is 13.2. The Morgan fingerprint density at radius 2 is 2.15 bits per heavy atom. The van der Waals surface area contributed by atoms with Crippen molar-refractivity contribution < 1.29 is 9.21 Å². The number of amides is 1. The molecule has 1 fully saturated rings. The van der Waals surface area contributed by atoms with Crippen molar-refractivity contribution in [3.8, 4) is 0 Å². The molecular formula is C13H23N5O2. The zero-order valence-electron chi connectivity index (χ0n) is 12.2. The minimum absolute atomic E-state index is 0.0951. The molecule has 2 heterocycles. The molecule has 0 atom stereocenters. The van der Waals surface area contributed by atoms with Gasteiger partial charge >= 0.3 is 6.01 Å². The van der Waals surface area contributed by atoms with E-state index in [1.807, 2.05) is 7.05 Å². The van der Waals surface area contributed by atoms with Crippen molar-refractivity contribution in [1.29, 1.82) is 0 Å². The molecule has 1 aliphatic heterocycles. The topological polar surface area (TPSA) is 83.3 Å². The molecule has 0 saturated carbocycles. The lowest BCUT2D eigenvalue weighted by Gasteiger charge is -2.31. The van der Waals surface area contributed by atoms with E-state index >= 15 is 0 Å². The summed E-state index contributed by atoms with van der Waals surface area (Å²) in [5.41, 5.74) is 0. The number of hydrogen-bond acceptors (Lipinski definition) is 6. The van der Waals surface area contributed by atoms with Crippen LogP contribution in [0, 0.1) is 12.8 Å². The molecule has 7 nitrogen and oxygen atoms in total. The summed E-state index contributed by atoms with van der Waals surface area (Å²) in [6.07, 6.45) is 3.54. The Morgan fingerprint density at radius 1 is 1.40 bits per heavy atom. The smallest absolute Gasteiger partial charge is 0.322 e. The maximum absolute atomic E-state index is 11.9. The quantitative estimate of drug-likeness (QED) is 0.796. The minimum Gasteiger partial charge on any atom is -0.408 e. The zero-order chi connectivity index (χ0) is 14.4. The summed E-state index contributed by atoms with van der Waals surface area (Å²) in [6.45, 7) is 5.11. The van der Waals surface area contributed by atoms with E-state index in [0.717, 1.165) is 38.4 Å². The standard InChI is InChI=1S/C13H23N5O2/c1-10-16-17-13(20-10)15-12(19)9-18-7-4-11(5-8-18)3-6-14-2/h11,14H,3-9H2,1-2H3,(H,15,17,19). The van der Waals surface area contributed by atoms with Crippen LogP contribution in [0.3, 0.4) is 0 Å². The van der Waals surface area contributed by atoms with Crippen LogP contribution in [0.25, 0.3) is 0 Å². The Hall–Kier alpha value is -1.47. The van der Waals surface area contributed by atoms with Gasteiger partial charge in [0, 0.05) is 6.92 Å². The number of nitrogens with one attached hydrogen (secondary N) is 2. The van der Waals surface area contributed by atoms with Crippen molar-refractivity contribution >= 4 is 11.9 Å². The van der Waals surface area contributed by atoms with Crippen LogP contribution < -0.4 is 10.6 Å². The first-order valence-electron chi connectivity index (χ1n) is 7.14. The van der Waals surface area contributed by atoms with Crippen LogP contribution in [-0.4, -0.2) is 54.2 Å². The van der Waals surface area contributed by atoms with Crippen LogP contribution >= 0.6 is 0 Å². The van der Waals surface area contributed by atoms with E-state index in [0.29, 0.717) is 12.4 Å². The van der Waals surface area contributed by atoms with Gasteiger partial charge in [-0.1, -0.05) is 5.10 Å². The molecule has 0 unspecified atom stereocenters. The summed E-state index contributed by atoms with van der Waals surface area (Å²) >= 11 is 0. The summed E-state index contributed by atoms with van der Waals surface area (Å²) < 4.78 is 5.13. The van der Waals surface area contributed by atoms with Gasteiger partial charge in [-0.05, 0) is 51.9 Å². The molecule has 0 aliphatic carbocycles. The maximum atomic E-state index is 11.9. The Bertz CT molecular complexity index is 426. The van der Waals surface area contributed by atoms with E-state index in [1.54, 1.807) is 6.92 Å². The summed E-state index contributed by atoms with van der Waals surface area (Å²) in [6, 6.07) is 0.177. The summed E-state index contributed by atoms with van der Waals surface area (Å²) in [4.78, 5) is 14.0. The van der Waals surface area contributed by atoms with Crippen molar-refractivity contribution in [3.63, 3.8) is 0 Å². The molecule has 0 aromatic carbocycles. The van der Waals surface area contributed by atoms with Gasteiger partial charge in [-0.15, -0.1) is 5.10 Å². The Kier molecular flexibility index (Phi) is 5.49. The molecule has 20 heavy (non-hydrogen) atoms. The molecule has 2 rings (SSSR count). The van der Waals surface area contributed by atoms with Gasteiger partial charge in [0.2, 0.25) is 11.8 Å². The number of piperidine rings is 1. The monoisotopic (exact) mass is 281 g/mol. The maximum Gasteiger partial charge on any atom is 0.322 e. The molecular weight excluding hydrogens is 258 g/mol. The lowest BCUT2D eigenvalue weighted by atomic mass is 9.93. The van der Waals surface area contributed by atoms with Crippen LogP contribution in [0.2, 0.25) is 0 Å². The van der Waals surface area contributed by atoms with Crippen LogP contribution in [0.5, 0.6) is 0 Å². The number of carbonyl (C=O) groups is 1.